The van der Waals surface area contributed by atoms with Gasteiger partial charge in [0, 0.05) is 10.4 Å². The van der Waals surface area contributed by atoms with Crippen LogP contribution in [0.15, 0.2) is 18.2 Å². The molecule has 1 atom stereocenters. The number of hydrogen-bond acceptors (Lipinski definition) is 4. The van der Waals surface area contributed by atoms with Gasteiger partial charge in [-0.2, -0.15) is 0 Å². The van der Waals surface area contributed by atoms with Crippen LogP contribution < -0.4 is 10.6 Å². The van der Waals surface area contributed by atoms with Crippen LogP contribution in [0, 0.1) is 5.92 Å². The first kappa shape index (κ1) is 23.0. The summed E-state index contributed by atoms with van der Waals surface area (Å²) in [6, 6.07) is 4.46. The van der Waals surface area contributed by atoms with E-state index in [1.54, 1.807) is 13.9 Å². The second kappa shape index (κ2) is 8.74. The lowest BCUT2D eigenvalue weighted by molar-refractivity contribution is -0.123. The first-order chi connectivity index (χ1) is 11.8. The molecule has 0 saturated carbocycles. The summed E-state index contributed by atoms with van der Waals surface area (Å²) >= 11 is 11.9. The lowest BCUT2D eigenvalue weighted by Gasteiger charge is -2.36. The molecule has 0 heterocycles. The van der Waals surface area contributed by atoms with Crippen LogP contribution >= 0.6 is 23.2 Å². The molecule has 1 rings (SSSR count). The van der Waals surface area contributed by atoms with Gasteiger partial charge in [0.1, 0.15) is 23.5 Å². The van der Waals surface area contributed by atoms with Gasteiger partial charge < -0.3 is 20.7 Å². The monoisotopic (exact) mass is 396 g/mol. The zero-order valence-electron chi connectivity index (χ0n) is 15.6. The summed E-state index contributed by atoms with van der Waals surface area (Å²) in [5, 5.41) is 22.6. The molecule has 1 aromatic carbocycles. The number of hydrogen-bond donors (Lipinski definition) is 4. The van der Waals surface area contributed by atoms with Crippen LogP contribution in [-0.2, 0) is 4.79 Å². The molecule has 12 heteroatoms. The van der Waals surface area contributed by atoms with E-state index in [0.717, 1.165) is 0 Å². The lowest BCUT2D eigenvalue weighted by Crippen LogP contribution is -2.68. The quantitative estimate of drug-likeness (QED) is 0.407. The van der Waals surface area contributed by atoms with E-state index in [4.69, 9.17) is 23.2 Å². The normalized spacial score (nSPS) is 13.8. The van der Waals surface area contributed by atoms with Crippen LogP contribution in [0.3, 0.4) is 0 Å². The maximum Gasteiger partial charge on any atom is 0.469 e. The molecule has 0 saturated heterocycles. The highest BCUT2D eigenvalue weighted by Crippen LogP contribution is 2.21. The molecule has 0 bridgehead atoms. The van der Waals surface area contributed by atoms with Gasteiger partial charge in [0.15, 0.2) is 0 Å². The van der Waals surface area contributed by atoms with Gasteiger partial charge in [-0.15, -0.1) is 0 Å². The second-order valence-electron chi connectivity index (χ2n) is 7.55. The van der Waals surface area contributed by atoms with Gasteiger partial charge in [-0.3, -0.25) is 9.59 Å². The van der Waals surface area contributed by atoms with Crippen molar-refractivity contribution in [1.82, 2.24) is 10.6 Å². The predicted molar refractivity (Wildman–Crippen MR) is 113 cm³/mol. The fourth-order valence-corrected chi connectivity index (χ4v) is 2.94. The Bertz CT molecular complexity index is 691. The number of benzene rings is 1. The predicted octanol–water partition coefficient (Wildman–Crippen LogP) is -1.85. The minimum atomic E-state index is -1.75. The maximum absolute atomic E-state index is 12.7. The van der Waals surface area contributed by atoms with E-state index < -0.39 is 29.6 Å². The lowest BCUT2D eigenvalue weighted by atomic mass is 9.49. The topological polar surface area (TPSA) is 98.7 Å². The van der Waals surface area contributed by atoms with Gasteiger partial charge >= 0.3 is 7.12 Å². The summed E-state index contributed by atoms with van der Waals surface area (Å²) in [6.07, 6.45) is 0.348. The molecular formula is C14H22B4Cl2N2O4. The Kier molecular flexibility index (Phi) is 7.72. The molecule has 0 radical (unpaired) electrons. The standard InChI is InChI=1S/C14H22B4Cl2N2O4/c1-7(2)6-13(15,18(25)26)22-12(24)14(16,17)21-11(23)9-5-8(19)3-4-10(9)20/h3-5,7,25-26H,6,15-17H2,1-2H3,(H,21,23)(H,22,24). The van der Waals surface area contributed by atoms with Gasteiger partial charge in [0.25, 0.3) is 5.91 Å². The zero-order chi connectivity index (χ0) is 20.3. The Balaban J connectivity index is 2.96. The molecule has 4 N–H and O–H groups in total. The van der Waals surface area contributed by atoms with E-state index in [-0.39, 0.29) is 16.5 Å². The van der Waals surface area contributed by atoms with Crippen molar-refractivity contribution in [3.8, 4) is 0 Å². The molecule has 0 fully saturated rings. The van der Waals surface area contributed by atoms with Gasteiger partial charge in [-0.05, 0) is 30.5 Å². The highest BCUT2D eigenvalue weighted by Gasteiger charge is 2.42. The van der Waals surface area contributed by atoms with Crippen molar-refractivity contribution < 1.29 is 19.6 Å². The molecule has 0 aliphatic carbocycles. The van der Waals surface area contributed by atoms with E-state index >= 15 is 0 Å². The number of rotatable bonds is 7. The third-order valence-electron chi connectivity index (χ3n) is 3.97. The van der Waals surface area contributed by atoms with Crippen molar-refractivity contribution >= 4 is 65.7 Å². The minimum Gasteiger partial charge on any atom is -0.426 e. The highest BCUT2D eigenvalue weighted by atomic mass is 35.5. The largest absolute Gasteiger partial charge is 0.469 e. The van der Waals surface area contributed by atoms with E-state index in [9.17, 15) is 19.6 Å². The van der Waals surface area contributed by atoms with E-state index in [0.29, 0.717) is 11.4 Å². The van der Waals surface area contributed by atoms with Crippen LogP contribution in [0.1, 0.15) is 30.6 Å². The number of carbonyl (C=O) groups excluding carboxylic acids is 2. The van der Waals surface area contributed by atoms with Crippen molar-refractivity contribution in [3.05, 3.63) is 33.8 Å². The molecule has 0 spiro atoms. The van der Waals surface area contributed by atoms with Crippen LogP contribution in [0.2, 0.25) is 10.0 Å². The average Bonchev–Trinajstić information content (AvgIpc) is 2.48. The highest BCUT2D eigenvalue weighted by molar-refractivity contribution is 6.59. The van der Waals surface area contributed by atoms with Crippen molar-refractivity contribution in [2.24, 2.45) is 5.92 Å². The molecule has 26 heavy (non-hydrogen) atoms. The molecule has 1 aromatic rings. The fourth-order valence-electron chi connectivity index (χ4n) is 2.56. The summed E-state index contributed by atoms with van der Waals surface area (Å²) in [7, 11) is 2.82. The molecule has 2 amide bonds. The van der Waals surface area contributed by atoms with Crippen LogP contribution in [0.4, 0.5) is 0 Å². The number of halogens is 2. The van der Waals surface area contributed by atoms with Crippen molar-refractivity contribution in [1.29, 1.82) is 0 Å². The Morgan fingerprint density at radius 1 is 1.19 bits per heavy atom. The summed E-state index contributed by atoms with van der Waals surface area (Å²) in [4.78, 5) is 25.2. The third-order valence-corrected chi connectivity index (χ3v) is 4.53. The molecule has 0 aromatic heterocycles. The average molecular weight is 396 g/mol. The van der Waals surface area contributed by atoms with Crippen LogP contribution in [-0.4, -0.2) is 63.2 Å². The molecule has 0 aliphatic heterocycles. The first-order valence-electron chi connectivity index (χ1n) is 8.25. The summed E-state index contributed by atoms with van der Waals surface area (Å²) in [5.74, 6) is -1.00. The Hall–Kier alpha value is -1.08. The van der Waals surface area contributed by atoms with E-state index in [1.807, 2.05) is 13.8 Å². The summed E-state index contributed by atoms with van der Waals surface area (Å²) in [5.41, 5.74) is 0.146. The molecule has 6 nitrogen and oxygen atoms in total. The number of nitrogens with one attached hydrogen (secondary N) is 2. The maximum atomic E-state index is 12.7. The van der Waals surface area contributed by atoms with Gasteiger partial charge in [-0.1, -0.05) is 37.0 Å². The van der Waals surface area contributed by atoms with Crippen molar-refractivity contribution in [2.45, 2.75) is 30.9 Å². The van der Waals surface area contributed by atoms with Crippen molar-refractivity contribution in [2.75, 3.05) is 0 Å². The van der Waals surface area contributed by atoms with Crippen LogP contribution in [0.5, 0.6) is 0 Å². The zero-order valence-corrected chi connectivity index (χ0v) is 17.1. The molecule has 0 aliphatic rings. The number of amides is 2. The minimum absolute atomic E-state index is 0.116. The second-order valence-corrected chi connectivity index (χ2v) is 8.39. The van der Waals surface area contributed by atoms with Gasteiger partial charge in [0.05, 0.1) is 15.9 Å². The Morgan fingerprint density at radius 3 is 2.27 bits per heavy atom. The summed E-state index contributed by atoms with van der Waals surface area (Å²) in [6.45, 7) is 3.81. The molecular weight excluding hydrogens is 374 g/mol. The van der Waals surface area contributed by atoms with Gasteiger partial charge in [0.2, 0.25) is 5.91 Å². The Morgan fingerprint density at radius 2 is 1.77 bits per heavy atom. The SMILES string of the molecule is BC(CC(C)C)(NC(=O)C(B)(B)NC(=O)c1cc(Cl)ccc1Cl)B(O)O. The number of carbonyl (C=O) groups is 2. The Labute approximate surface area is 166 Å². The molecule has 1 unspecified atom stereocenters. The van der Waals surface area contributed by atoms with Gasteiger partial charge in [-0.25, -0.2) is 0 Å². The van der Waals surface area contributed by atoms with Crippen LogP contribution in [0.25, 0.3) is 0 Å². The molecule has 138 valence electrons. The smallest absolute Gasteiger partial charge is 0.426 e. The van der Waals surface area contributed by atoms with E-state index in [1.165, 1.54) is 27.8 Å². The first-order valence-corrected chi connectivity index (χ1v) is 9.00. The van der Waals surface area contributed by atoms with Crippen molar-refractivity contribution in [3.63, 3.8) is 0 Å². The summed E-state index contributed by atoms with van der Waals surface area (Å²) < 4.78 is 0. The van der Waals surface area contributed by atoms with E-state index in [2.05, 4.69) is 10.6 Å². The fraction of sp³-hybridized carbons (Fsp3) is 0.429. The third kappa shape index (κ3) is 5.98.